The van der Waals surface area contributed by atoms with E-state index in [2.05, 4.69) is 181 Å². The molecule has 124 heavy (non-hydrogen) atoms. The number of Topliss-reactive ketones (excluding diaryl/α,β-unsaturated/α-hetero) is 1. The van der Waals surface area contributed by atoms with E-state index < -0.39 is 23.3 Å². The number of aliphatic imine (C=N–C) groups is 4. The molecule has 4 unspecified atom stereocenters. The Hall–Kier alpha value is -1.78. The third kappa shape index (κ3) is 44.4. The molecule has 4 aliphatic rings. The predicted molar refractivity (Wildman–Crippen MR) is 434 cm³/mol. The average Bonchev–Trinajstić information content (AvgIpc) is 0.614. The molecule has 0 fully saturated rings. The zero-order valence-corrected chi connectivity index (χ0v) is 87.3. The first-order valence-corrected chi connectivity index (χ1v) is 35.0. The van der Waals surface area contributed by atoms with E-state index in [1.807, 2.05) is 97.7 Å². The minimum absolute atomic E-state index is 0. The number of benzene rings is 5. The van der Waals surface area contributed by atoms with Crippen LogP contribution in [0.5, 0.6) is 5.75 Å². The van der Waals surface area contributed by atoms with Crippen molar-refractivity contribution in [3.8, 4) is 5.75 Å². The number of phenols is 1. The summed E-state index contributed by atoms with van der Waals surface area (Å²) >= 11 is 0. The molecular formula is C88H81Cl9Eu4F3N12O6Tb2-. The van der Waals surface area contributed by atoms with Crippen LogP contribution in [0.4, 0.5) is 13.2 Å². The number of rotatable bonds is 5. The van der Waals surface area contributed by atoms with Gasteiger partial charge in [0, 0.05) is 267 Å². The zero-order valence-electron chi connectivity index (χ0n) is 66.5. The number of aliphatic hydroxyl groups excluding tert-OH is 2. The number of carbonyl (C=O) groups is 3. The molecule has 4 aliphatic heterocycles. The summed E-state index contributed by atoms with van der Waals surface area (Å²) in [5.74, 6) is -2.75. The fourth-order valence-electron chi connectivity index (χ4n) is 11.6. The van der Waals surface area contributed by atoms with Crippen molar-refractivity contribution in [1.29, 1.82) is 0 Å². The van der Waals surface area contributed by atoms with Crippen LogP contribution in [0.1, 0.15) is 74.9 Å². The standard InChI is InChI=1S/4C12H8N2.C10H9F3O2.2C10H12N2.2C5H8O2.9ClH.4Eu.2Tb/c4*1-3-9-5-6-10-4-2-8-14-12(10)11(9)13-7-1;1-5-3-6(2)8(14)7(4-5)9(15)10(11,12)13;2*1-3-7-11-9(5-1)10-6-2-4-8-12-10;2*1-4(6)3-5(2)7;;;;;;;;;;;;;;;/h4*1-8H;3-4,14H,1-2H3;2*1-4,7-10H,5-6H2;2*3,6H,1-2H3;9*1H;;;;;;/q;;;;;;;;;;;;;;;;;;;;+2;+3;;+3/p-9. The maximum Gasteiger partial charge on any atom is 3.00 e. The van der Waals surface area contributed by atoms with Crippen LogP contribution in [0.25, 0.3) is 87.2 Å². The maximum atomic E-state index is 12.1. The number of halogens is 12. The third-order valence-electron chi connectivity index (χ3n) is 16.5. The van der Waals surface area contributed by atoms with Crippen molar-refractivity contribution in [2.45, 2.75) is 97.6 Å². The summed E-state index contributed by atoms with van der Waals surface area (Å²) in [6.07, 6.45) is 40.1. The number of ketones is 3. The molecule has 3 N–H and O–H groups in total. The van der Waals surface area contributed by atoms with Gasteiger partial charge in [-0.2, -0.15) is 13.2 Å². The Labute approximate surface area is 1000 Å². The van der Waals surface area contributed by atoms with Crippen molar-refractivity contribution in [2.24, 2.45) is 20.0 Å². The van der Waals surface area contributed by atoms with E-state index in [1.165, 1.54) is 52.8 Å². The van der Waals surface area contributed by atoms with Crippen LogP contribution in [-0.2, 0) is 9.59 Å². The van der Waals surface area contributed by atoms with Gasteiger partial charge in [-0.05, 0) is 157 Å². The molecule has 0 spiro atoms. The van der Waals surface area contributed by atoms with E-state index in [9.17, 15) is 32.7 Å². The van der Waals surface area contributed by atoms with Crippen molar-refractivity contribution in [1.82, 2.24) is 39.9 Å². The molecule has 4 radical (unpaired) electrons. The number of carbonyl (C=O) groups excluding carboxylic acids is 3. The molecule has 0 aliphatic carbocycles. The van der Waals surface area contributed by atoms with Crippen LogP contribution in [0.2, 0.25) is 0 Å². The van der Waals surface area contributed by atoms with E-state index >= 15 is 0 Å². The molecule has 17 rings (SSSR count). The number of alkyl halides is 3. The first kappa shape index (κ1) is 135. The van der Waals surface area contributed by atoms with Crippen LogP contribution in [-0.4, -0.2) is 128 Å². The first-order chi connectivity index (χ1) is 52.7. The number of aliphatic hydroxyl groups is 2. The largest absolute Gasteiger partial charge is 3.00 e. The predicted octanol–water partition coefficient (Wildman–Crippen LogP) is -7.43. The second-order valence-corrected chi connectivity index (χ2v) is 25.1. The molecule has 0 amide bonds. The maximum absolute atomic E-state index is 12.1. The molecule has 0 bridgehead atoms. The summed E-state index contributed by atoms with van der Waals surface area (Å²) in [5.41, 5.74) is 7.88. The Morgan fingerprint density at radius 1 is 0.371 bits per heavy atom. The molecule has 18 nitrogen and oxygen atoms in total. The number of aryl methyl sites for hydroxylation is 2. The van der Waals surface area contributed by atoms with E-state index in [-0.39, 0.29) is 415 Å². The van der Waals surface area contributed by atoms with Gasteiger partial charge in [0.1, 0.15) is 5.75 Å². The number of aromatic hydroxyl groups is 1. The second kappa shape index (κ2) is 72.7. The van der Waals surface area contributed by atoms with Crippen LogP contribution >= 0.6 is 0 Å². The summed E-state index contributed by atoms with van der Waals surface area (Å²) in [6, 6.07) is 52.6. The van der Waals surface area contributed by atoms with Gasteiger partial charge in [0.15, 0.2) is 11.6 Å². The van der Waals surface area contributed by atoms with Gasteiger partial charge in [-0.25, -0.2) is 0 Å². The second-order valence-electron chi connectivity index (χ2n) is 25.1. The van der Waals surface area contributed by atoms with E-state index in [0.29, 0.717) is 29.7 Å². The number of nitrogens with zero attached hydrogens (tertiary/aromatic N) is 12. The number of hydrogen-bond donors (Lipinski definition) is 3. The van der Waals surface area contributed by atoms with Gasteiger partial charge in [-0.15, -0.1) is 0 Å². The smallest absolute Gasteiger partial charge is 1.00 e. The summed E-state index contributed by atoms with van der Waals surface area (Å²) < 4.78 is 36.4. The van der Waals surface area contributed by atoms with Gasteiger partial charge in [0.05, 0.1) is 85.4 Å². The molecule has 36 heteroatoms. The monoisotopic (exact) mass is 2700 g/mol. The molecule has 0 saturated carbocycles. The van der Waals surface area contributed by atoms with Crippen LogP contribution in [0.15, 0.2) is 300 Å². The van der Waals surface area contributed by atoms with Crippen molar-refractivity contribution in [3.63, 3.8) is 0 Å². The Morgan fingerprint density at radius 3 is 0.710 bits per heavy atom. The zero-order chi connectivity index (χ0) is 77.5. The number of allylic oxidation sites excluding steroid dienone is 8. The molecule has 12 heterocycles. The van der Waals surface area contributed by atoms with Gasteiger partial charge in [-0.3, -0.25) is 74.2 Å². The van der Waals surface area contributed by atoms with Gasteiger partial charge >= 0.3 is 144 Å². The van der Waals surface area contributed by atoms with Crippen LogP contribution < -0.4 is 112 Å². The normalized spacial score (nSPS) is 13.9. The van der Waals surface area contributed by atoms with Gasteiger partial charge in [0.2, 0.25) is 0 Å². The number of aromatic nitrogens is 8. The molecule has 660 valence electrons. The fourth-order valence-corrected chi connectivity index (χ4v) is 11.6. The number of hydrogen-bond acceptors (Lipinski definition) is 18. The van der Waals surface area contributed by atoms with Crippen LogP contribution in [0.3, 0.4) is 0 Å². The molecular weight excluding hydrogens is 2620 g/mol. The number of fused-ring (bicyclic) bond motifs is 12. The van der Waals surface area contributed by atoms with Crippen molar-refractivity contribution < 1.29 is 429 Å². The Kier molecular flexibility index (Phi) is 79.3. The summed E-state index contributed by atoms with van der Waals surface area (Å²) in [6.45, 7) is 8.69. The molecule has 0 saturated heterocycles. The van der Waals surface area contributed by atoms with Gasteiger partial charge in [-0.1, -0.05) is 127 Å². The van der Waals surface area contributed by atoms with Crippen LogP contribution in [0, 0.1) is 289 Å². The van der Waals surface area contributed by atoms with Crippen molar-refractivity contribution in [3.05, 3.63) is 296 Å². The van der Waals surface area contributed by atoms with Crippen molar-refractivity contribution >= 4 is 129 Å². The van der Waals surface area contributed by atoms with Gasteiger partial charge in [0.25, 0.3) is 5.78 Å². The van der Waals surface area contributed by atoms with Gasteiger partial charge < -0.3 is 127 Å². The third-order valence-corrected chi connectivity index (χ3v) is 16.5. The topological polar surface area (TPSA) is 264 Å². The number of dihydropyridines is 4. The molecule has 4 atom stereocenters. The van der Waals surface area contributed by atoms with Crippen molar-refractivity contribution in [2.75, 3.05) is 0 Å². The van der Waals surface area contributed by atoms with E-state index in [1.54, 1.807) is 56.5 Å². The first-order valence-electron chi connectivity index (χ1n) is 35.0. The number of phenolic OH excluding ortho intramolecular Hbond substituents is 1. The fraction of sp³-hybridized carbons (Fsp3) is 0.170. The SMILES string of the molecule is C1=CCC(C2CC=CC=N2)N=C1.C1=CCC(C2CC=CC=N2)N=C1.CC(=O)C=C(C)O.CC(=O)C=C(C)O.Cc1cc(C)c(O)c(C(=O)C(F)(F)F)c1.[Cl-].[Cl-].[Cl-].[Cl-].[Cl-].[Cl-].[Cl-].[Cl-].[Cl-].[Eu+2].[Eu+3].[Eu].[Eu].[Tb+3].[Tb].c1cnc2c(c1)ccc1cccnc12.c1cnc2c(c1)ccc1cccnc12.c1cnc2c(c1)ccc1cccnc12.c1cnc2c(c1)ccc1cccnc12. The molecule has 13 aromatic rings. The minimum atomic E-state index is -4.96. The quantitative estimate of drug-likeness (QED) is 0.0627. The summed E-state index contributed by atoms with van der Waals surface area (Å²) in [5, 5.41) is 35.2. The average molecular weight is 2700 g/mol. The molecule has 5 aromatic carbocycles. The molecule has 8 aromatic heterocycles. The minimum Gasteiger partial charge on any atom is -1.00 e. The Bertz CT molecular complexity index is 4930. The summed E-state index contributed by atoms with van der Waals surface area (Å²) in [4.78, 5) is 83.3. The summed E-state index contributed by atoms with van der Waals surface area (Å²) in [7, 11) is 0. The Morgan fingerprint density at radius 2 is 0.565 bits per heavy atom. The van der Waals surface area contributed by atoms with E-state index in [4.69, 9.17) is 10.2 Å². The Balaban J connectivity index is -0.000000247. The van der Waals surface area contributed by atoms with E-state index in [0.717, 1.165) is 119 Å². The number of pyridine rings is 8.